The first-order valence-electron chi connectivity index (χ1n) is 9.46. The van der Waals surface area contributed by atoms with E-state index in [1.54, 1.807) is 31.4 Å². The first-order valence-corrected chi connectivity index (χ1v) is 10.4. The fourth-order valence-corrected chi connectivity index (χ4v) is 3.69. The minimum atomic E-state index is -0.191. The van der Waals surface area contributed by atoms with E-state index >= 15 is 0 Å². The van der Waals surface area contributed by atoms with Gasteiger partial charge >= 0.3 is 0 Å². The summed E-state index contributed by atoms with van der Waals surface area (Å²) in [7, 11) is 1.59. The van der Waals surface area contributed by atoms with Gasteiger partial charge < -0.3 is 10.1 Å². The number of nitrogens with zero attached hydrogens (tertiary/aromatic N) is 4. The summed E-state index contributed by atoms with van der Waals surface area (Å²) in [5.74, 6) is 0.645. The van der Waals surface area contributed by atoms with Crippen molar-refractivity contribution in [2.45, 2.75) is 18.9 Å². The maximum absolute atomic E-state index is 12.3. The number of rotatable bonds is 7. The molecule has 1 heterocycles. The Balaban J connectivity index is 1.73. The molecule has 0 bridgehead atoms. The lowest BCUT2D eigenvalue weighted by Gasteiger charge is -2.11. The molecule has 1 N–H and O–H groups in total. The number of carbonyl (C=O) groups excluding carboxylic acids is 1. The second-order valence-electron chi connectivity index (χ2n) is 6.56. The van der Waals surface area contributed by atoms with Crippen molar-refractivity contribution in [3.05, 3.63) is 71.4 Å². The van der Waals surface area contributed by atoms with Crippen LogP contribution in [0.2, 0.25) is 0 Å². The van der Waals surface area contributed by atoms with Gasteiger partial charge in [-0.2, -0.15) is 10.4 Å². The Kier molecular flexibility index (Phi) is 7.35. The van der Waals surface area contributed by atoms with Gasteiger partial charge in [-0.3, -0.25) is 4.79 Å². The average molecular weight is 432 g/mol. The van der Waals surface area contributed by atoms with Gasteiger partial charge in [0.1, 0.15) is 22.5 Å². The van der Waals surface area contributed by atoms with Gasteiger partial charge in [-0.1, -0.05) is 30.0 Å². The van der Waals surface area contributed by atoms with Gasteiger partial charge in [-0.25, -0.2) is 4.98 Å². The summed E-state index contributed by atoms with van der Waals surface area (Å²) in [4.78, 5) is 16.8. The molecule has 3 rings (SSSR count). The quantitative estimate of drug-likeness (QED) is 0.381. The number of methoxy groups -OCH3 is 1. The van der Waals surface area contributed by atoms with Crippen molar-refractivity contribution in [1.29, 1.82) is 5.26 Å². The number of aromatic nitrogens is 1. The van der Waals surface area contributed by atoms with Gasteiger partial charge in [0, 0.05) is 5.69 Å². The molecule has 0 saturated carbocycles. The number of carbonyl (C=O) groups is 1. The second-order valence-corrected chi connectivity index (χ2v) is 7.53. The number of thioether (sulfide) groups is 1. The fourth-order valence-electron chi connectivity index (χ4n) is 2.80. The van der Waals surface area contributed by atoms with Crippen LogP contribution in [-0.2, 0) is 4.79 Å². The van der Waals surface area contributed by atoms with Crippen LogP contribution in [0, 0.1) is 25.2 Å². The van der Waals surface area contributed by atoms with Gasteiger partial charge in [0.15, 0.2) is 0 Å². The van der Waals surface area contributed by atoms with E-state index in [1.807, 2.05) is 44.2 Å². The molecule has 8 heteroatoms. The zero-order valence-corrected chi connectivity index (χ0v) is 18.2. The van der Waals surface area contributed by atoms with E-state index < -0.39 is 0 Å². The zero-order chi connectivity index (χ0) is 22.2. The third kappa shape index (κ3) is 5.68. The molecular formula is C23H21N5O2S. The third-order valence-electron chi connectivity index (χ3n) is 4.40. The highest BCUT2D eigenvalue weighted by Crippen LogP contribution is 2.32. The van der Waals surface area contributed by atoms with Crippen LogP contribution in [0.15, 0.2) is 69.9 Å². The van der Waals surface area contributed by atoms with E-state index in [1.165, 1.54) is 11.8 Å². The van der Waals surface area contributed by atoms with Gasteiger partial charge in [0.25, 0.3) is 0 Å². The van der Waals surface area contributed by atoms with Crippen molar-refractivity contribution < 1.29 is 9.53 Å². The van der Waals surface area contributed by atoms with E-state index in [2.05, 4.69) is 26.6 Å². The Hall–Kier alpha value is -3.70. The number of nitriles is 1. The van der Waals surface area contributed by atoms with Crippen LogP contribution in [0.1, 0.15) is 16.8 Å². The number of ether oxygens (including phenoxy) is 1. The summed E-state index contributed by atoms with van der Waals surface area (Å²) < 4.78 is 5.11. The first kappa shape index (κ1) is 22.0. The molecule has 7 nitrogen and oxygen atoms in total. The maximum Gasteiger partial charge on any atom is 0.234 e. The zero-order valence-electron chi connectivity index (χ0n) is 17.4. The fraction of sp³-hybridized carbons (Fsp3) is 0.174. The number of anilines is 1. The summed E-state index contributed by atoms with van der Waals surface area (Å²) >= 11 is 1.22. The lowest BCUT2D eigenvalue weighted by Crippen LogP contribution is -2.14. The van der Waals surface area contributed by atoms with Crippen molar-refractivity contribution in [3.63, 3.8) is 0 Å². The molecule has 0 saturated heterocycles. The summed E-state index contributed by atoms with van der Waals surface area (Å²) in [6.07, 6.45) is 0. The minimum absolute atomic E-state index is 0.122. The smallest absolute Gasteiger partial charge is 0.234 e. The molecule has 3 aromatic rings. The summed E-state index contributed by atoms with van der Waals surface area (Å²) in [6, 6.07) is 18.6. The topological polar surface area (TPSA) is 99.7 Å². The third-order valence-corrected chi connectivity index (χ3v) is 5.38. The summed E-state index contributed by atoms with van der Waals surface area (Å²) in [5.41, 5.74) is 3.68. The molecule has 0 aliphatic carbocycles. The Morgan fingerprint density at radius 2 is 1.84 bits per heavy atom. The van der Waals surface area contributed by atoms with Crippen molar-refractivity contribution >= 4 is 34.7 Å². The number of hydrogen-bond donors (Lipinski definition) is 1. The Labute approximate surface area is 185 Å². The molecule has 1 amide bonds. The van der Waals surface area contributed by atoms with Crippen molar-refractivity contribution in [2.75, 3.05) is 18.2 Å². The van der Waals surface area contributed by atoms with E-state index in [0.29, 0.717) is 44.7 Å². The minimum Gasteiger partial charge on any atom is -0.497 e. The molecule has 31 heavy (non-hydrogen) atoms. The number of azo groups is 1. The van der Waals surface area contributed by atoms with Crippen molar-refractivity contribution in [2.24, 2.45) is 10.2 Å². The molecule has 1 aromatic heterocycles. The highest BCUT2D eigenvalue weighted by molar-refractivity contribution is 8.00. The van der Waals surface area contributed by atoms with Crippen LogP contribution in [0.3, 0.4) is 0 Å². The van der Waals surface area contributed by atoms with E-state index in [-0.39, 0.29) is 11.7 Å². The molecule has 0 fully saturated rings. The van der Waals surface area contributed by atoms with E-state index in [4.69, 9.17) is 4.74 Å². The number of nitrogens with one attached hydrogen (secondary N) is 1. The van der Waals surface area contributed by atoms with Crippen LogP contribution in [0.4, 0.5) is 17.1 Å². The molecule has 2 aromatic carbocycles. The normalized spacial score (nSPS) is 10.6. The summed E-state index contributed by atoms with van der Waals surface area (Å²) in [6.45, 7) is 3.63. The largest absolute Gasteiger partial charge is 0.497 e. The summed E-state index contributed by atoms with van der Waals surface area (Å²) in [5, 5.41) is 21.5. The molecule has 0 unspecified atom stereocenters. The molecule has 0 aliphatic rings. The van der Waals surface area contributed by atoms with Gasteiger partial charge in [-0.05, 0) is 55.8 Å². The van der Waals surface area contributed by atoms with Crippen LogP contribution in [-0.4, -0.2) is 23.8 Å². The highest BCUT2D eigenvalue weighted by Gasteiger charge is 2.16. The number of aryl methyl sites for hydroxylation is 1. The van der Waals surface area contributed by atoms with Gasteiger partial charge in [0.2, 0.25) is 5.91 Å². The Morgan fingerprint density at radius 3 is 2.48 bits per heavy atom. The molecule has 0 spiro atoms. The molecule has 0 atom stereocenters. The second kappa shape index (κ2) is 10.4. The highest BCUT2D eigenvalue weighted by atomic mass is 32.2. The average Bonchev–Trinajstić information content (AvgIpc) is 2.78. The molecule has 156 valence electrons. The predicted molar refractivity (Wildman–Crippen MR) is 121 cm³/mol. The number of pyridine rings is 1. The maximum atomic E-state index is 12.3. The van der Waals surface area contributed by atoms with Crippen LogP contribution >= 0.6 is 11.8 Å². The van der Waals surface area contributed by atoms with E-state index in [0.717, 1.165) is 0 Å². The van der Waals surface area contributed by atoms with Crippen molar-refractivity contribution in [3.8, 4) is 11.8 Å². The predicted octanol–water partition coefficient (Wildman–Crippen LogP) is 5.72. The lowest BCUT2D eigenvalue weighted by atomic mass is 10.1. The Morgan fingerprint density at radius 1 is 1.13 bits per heavy atom. The van der Waals surface area contributed by atoms with Crippen LogP contribution in [0.5, 0.6) is 5.75 Å². The first-order chi connectivity index (χ1) is 15.0. The number of hydrogen-bond acceptors (Lipinski definition) is 7. The van der Waals surface area contributed by atoms with Crippen molar-refractivity contribution in [1.82, 2.24) is 4.98 Å². The number of benzene rings is 2. The Bertz CT molecular complexity index is 1140. The van der Waals surface area contributed by atoms with Gasteiger partial charge in [0.05, 0.1) is 29.8 Å². The van der Waals surface area contributed by atoms with Crippen LogP contribution < -0.4 is 10.1 Å². The standard InChI is InChI=1S/C23H21N5O2S/c1-15-20(13-24)23(25-16(2)22(15)28-27-18-7-5-4-6-8-18)31-14-21(29)26-17-9-11-19(30-3)12-10-17/h4-12H,14H2,1-3H3,(H,26,29). The molecular weight excluding hydrogens is 410 g/mol. The molecule has 0 aliphatic heterocycles. The monoisotopic (exact) mass is 431 g/mol. The van der Waals surface area contributed by atoms with Crippen LogP contribution in [0.25, 0.3) is 0 Å². The SMILES string of the molecule is COc1ccc(NC(=O)CSc2nc(C)c(N=Nc3ccccc3)c(C)c2C#N)cc1. The number of amides is 1. The lowest BCUT2D eigenvalue weighted by molar-refractivity contribution is -0.113. The van der Waals surface area contributed by atoms with E-state index in [9.17, 15) is 10.1 Å². The molecule has 0 radical (unpaired) electrons. The van der Waals surface area contributed by atoms with Gasteiger partial charge in [-0.15, -0.1) is 5.11 Å².